The zero-order valence-corrected chi connectivity index (χ0v) is 15.2. The Hall–Kier alpha value is -3.34. The molecule has 5 nitrogen and oxygen atoms in total. The van der Waals surface area contributed by atoms with Gasteiger partial charge in [0.2, 0.25) is 0 Å². The predicted octanol–water partition coefficient (Wildman–Crippen LogP) is 4.01. The summed E-state index contributed by atoms with van der Waals surface area (Å²) in [6.07, 6.45) is 0.486. The Morgan fingerprint density at radius 2 is 1.04 bits per heavy atom. The Kier molecular flexibility index (Phi) is 4.86. The van der Waals surface area contributed by atoms with Crippen LogP contribution >= 0.6 is 0 Å². The SMILES string of the molecule is Cc1cc(O)c(O)c(Cc2cc(C)cc(Cc3cccc(O)c3O)c2O)c1. The third kappa shape index (κ3) is 3.77. The van der Waals surface area contributed by atoms with Gasteiger partial charge in [0, 0.05) is 24.0 Å². The first-order valence-electron chi connectivity index (χ1n) is 8.59. The van der Waals surface area contributed by atoms with E-state index < -0.39 is 0 Å². The van der Waals surface area contributed by atoms with Crippen LogP contribution < -0.4 is 0 Å². The zero-order valence-electron chi connectivity index (χ0n) is 15.2. The van der Waals surface area contributed by atoms with E-state index in [1.54, 1.807) is 18.2 Å². The van der Waals surface area contributed by atoms with Gasteiger partial charge in [0.15, 0.2) is 23.0 Å². The second kappa shape index (κ2) is 7.11. The van der Waals surface area contributed by atoms with Crippen LogP contribution in [0.1, 0.15) is 33.4 Å². The van der Waals surface area contributed by atoms with Crippen LogP contribution in [0.15, 0.2) is 42.5 Å². The third-order valence-electron chi connectivity index (χ3n) is 4.59. The molecule has 0 radical (unpaired) electrons. The number of phenols is 5. The molecule has 0 saturated carbocycles. The smallest absolute Gasteiger partial charge is 0.161 e. The molecule has 27 heavy (non-hydrogen) atoms. The molecule has 0 aliphatic carbocycles. The van der Waals surface area contributed by atoms with Gasteiger partial charge in [-0.3, -0.25) is 0 Å². The molecule has 0 atom stereocenters. The third-order valence-corrected chi connectivity index (χ3v) is 4.59. The summed E-state index contributed by atoms with van der Waals surface area (Å²) < 4.78 is 0. The Balaban J connectivity index is 2.00. The lowest BCUT2D eigenvalue weighted by atomic mass is 9.94. The van der Waals surface area contributed by atoms with Crippen molar-refractivity contribution in [1.29, 1.82) is 0 Å². The first-order chi connectivity index (χ1) is 12.8. The number of phenolic OH excluding ortho intramolecular Hbond substituents is 5. The molecule has 3 aromatic rings. The van der Waals surface area contributed by atoms with Crippen molar-refractivity contribution in [2.45, 2.75) is 26.7 Å². The van der Waals surface area contributed by atoms with Gasteiger partial charge < -0.3 is 25.5 Å². The van der Waals surface area contributed by atoms with Gasteiger partial charge in [0.25, 0.3) is 0 Å². The maximum absolute atomic E-state index is 10.7. The van der Waals surface area contributed by atoms with Gasteiger partial charge in [-0.1, -0.05) is 35.9 Å². The lowest BCUT2D eigenvalue weighted by molar-refractivity contribution is 0.399. The largest absolute Gasteiger partial charge is 0.507 e. The van der Waals surface area contributed by atoms with Crippen LogP contribution in [0, 0.1) is 13.8 Å². The van der Waals surface area contributed by atoms with E-state index in [4.69, 9.17) is 0 Å². The van der Waals surface area contributed by atoms with Crippen LogP contribution in [0.2, 0.25) is 0 Å². The van der Waals surface area contributed by atoms with Crippen molar-refractivity contribution in [1.82, 2.24) is 0 Å². The number of hydrogen-bond donors (Lipinski definition) is 5. The average Bonchev–Trinajstić information content (AvgIpc) is 2.60. The fourth-order valence-corrected chi connectivity index (χ4v) is 3.30. The summed E-state index contributed by atoms with van der Waals surface area (Å²) in [5, 5.41) is 50.4. The van der Waals surface area contributed by atoms with E-state index in [2.05, 4.69) is 0 Å². The minimum absolute atomic E-state index is 0.0590. The fraction of sp³-hybridized carbons (Fsp3) is 0.182. The molecule has 0 aromatic heterocycles. The van der Waals surface area contributed by atoms with Crippen LogP contribution in [-0.4, -0.2) is 25.5 Å². The predicted molar refractivity (Wildman–Crippen MR) is 103 cm³/mol. The van der Waals surface area contributed by atoms with Crippen LogP contribution in [0.25, 0.3) is 0 Å². The van der Waals surface area contributed by atoms with Crippen LogP contribution in [-0.2, 0) is 12.8 Å². The minimum atomic E-state index is -0.208. The molecule has 0 spiro atoms. The van der Waals surface area contributed by atoms with Crippen molar-refractivity contribution in [3.05, 3.63) is 75.8 Å². The summed E-state index contributed by atoms with van der Waals surface area (Å²) in [5.74, 6) is -0.749. The Morgan fingerprint density at radius 3 is 1.67 bits per heavy atom. The number of rotatable bonds is 4. The highest BCUT2D eigenvalue weighted by molar-refractivity contribution is 5.54. The summed E-state index contributed by atoms with van der Waals surface area (Å²) in [7, 11) is 0. The highest BCUT2D eigenvalue weighted by Crippen LogP contribution is 2.37. The Morgan fingerprint density at radius 1 is 0.556 bits per heavy atom. The molecule has 3 aromatic carbocycles. The zero-order chi connectivity index (χ0) is 19.7. The van der Waals surface area contributed by atoms with Gasteiger partial charge in [0.1, 0.15) is 5.75 Å². The maximum atomic E-state index is 10.7. The molecule has 0 aliphatic heterocycles. The average molecular weight is 366 g/mol. The topological polar surface area (TPSA) is 101 Å². The second-order valence-electron chi connectivity index (χ2n) is 6.86. The molecule has 3 rings (SSSR count). The van der Waals surface area contributed by atoms with Crippen LogP contribution in [0.4, 0.5) is 0 Å². The molecular formula is C22H22O5. The summed E-state index contributed by atoms with van der Waals surface area (Å²) >= 11 is 0. The summed E-state index contributed by atoms with van der Waals surface area (Å²) in [5.41, 5.74) is 3.93. The molecule has 0 aliphatic rings. The van der Waals surface area contributed by atoms with Crippen molar-refractivity contribution >= 4 is 0 Å². The molecule has 5 heteroatoms. The Labute approximate surface area is 157 Å². The quantitative estimate of drug-likeness (QED) is 0.449. The van der Waals surface area contributed by atoms with E-state index in [0.717, 1.165) is 11.1 Å². The van der Waals surface area contributed by atoms with Gasteiger partial charge in [-0.05, 0) is 42.7 Å². The van der Waals surface area contributed by atoms with E-state index in [0.29, 0.717) is 22.3 Å². The number of para-hydroxylation sites is 1. The van der Waals surface area contributed by atoms with E-state index in [1.165, 1.54) is 12.1 Å². The molecule has 0 fully saturated rings. The first kappa shape index (κ1) is 18.5. The lowest BCUT2D eigenvalue weighted by Crippen LogP contribution is -1.97. The normalized spacial score (nSPS) is 10.9. The fourth-order valence-electron chi connectivity index (χ4n) is 3.30. The molecule has 0 saturated heterocycles. The van der Waals surface area contributed by atoms with Crippen molar-refractivity contribution in [3.63, 3.8) is 0 Å². The second-order valence-corrected chi connectivity index (χ2v) is 6.86. The van der Waals surface area contributed by atoms with Gasteiger partial charge in [0.05, 0.1) is 0 Å². The molecule has 5 N–H and O–H groups in total. The molecule has 0 unspecified atom stereocenters. The van der Waals surface area contributed by atoms with E-state index in [1.807, 2.05) is 26.0 Å². The van der Waals surface area contributed by atoms with Gasteiger partial charge in [-0.15, -0.1) is 0 Å². The van der Waals surface area contributed by atoms with Gasteiger partial charge >= 0.3 is 0 Å². The standard InChI is InChI=1S/C22H22O5/c1-12-6-15(10-14-4-3-5-18(23)21(14)26)20(25)16(7-12)11-17-8-13(2)9-19(24)22(17)27/h3-9,23-27H,10-11H2,1-2H3. The number of aryl methyl sites for hydroxylation is 2. The molecule has 140 valence electrons. The maximum Gasteiger partial charge on any atom is 0.161 e. The Bertz CT molecular complexity index is 1010. The number of hydrogen-bond acceptors (Lipinski definition) is 5. The van der Waals surface area contributed by atoms with E-state index in [9.17, 15) is 25.5 Å². The van der Waals surface area contributed by atoms with Crippen LogP contribution in [0.3, 0.4) is 0 Å². The number of aromatic hydroxyl groups is 5. The molecular weight excluding hydrogens is 344 g/mol. The van der Waals surface area contributed by atoms with Crippen molar-refractivity contribution in [3.8, 4) is 28.7 Å². The van der Waals surface area contributed by atoms with Crippen molar-refractivity contribution in [2.24, 2.45) is 0 Å². The molecule has 0 amide bonds. The molecule has 0 heterocycles. The van der Waals surface area contributed by atoms with Crippen LogP contribution in [0.5, 0.6) is 28.7 Å². The highest BCUT2D eigenvalue weighted by atomic mass is 16.3. The van der Waals surface area contributed by atoms with Gasteiger partial charge in [-0.2, -0.15) is 0 Å². The molecule has 0 bridgehead atoms. The minimum Gasteiger partial charge on any atom is -0.507 e. The van der Waals surface area contributed by atoms with Gasteiger partial charge in [-0.25, -0.2) is 0 Å². The summed E-state index contributed by atoms with van der Waals surface area (Å²) in [6, 6.07) is 11.6. The number of benzene rings is 3. The first-order valence-corrected chi connectivity index (χ1v) is 8.59. The van der Waals surface area contributed by atoms with E-state index in [-0.39, 0.29) is 41.6 Å². The summed E-state index contributed by atoms with van der Waals surface area (Å²) in [4.78, 5) is 0. The van der Waals surface area contributed by atoms with Crippen molar-refractivity contribution in [2.75, 3.05) is 0 Å². The summed E-state index contributed by atoms with van der Waals surface area (Å²) in [6.45, 7) is 3.71. The lowest BCUT2D eigenvalue weighted by Gasteiger charge is -2.14. The monoisotopic (exact) mass is 366 g/mol. The van der Waals surface area contributed by atoms with E-state index >= 15 is 0 Å². The van der Waals surface area contributed by atoms with Crippen molar-refractivity contribution < 1.29 is 25.5 Å². The highest BCUT2D eigenvalue weighted by Gasteiger charge is 2.16.